The fraction of sp³-hybridized carbons (Fsp3) is 0.769. The molecule has 1 aromatic rings. The largest absolute Gasteiger partial charge is 0.338 e. The first-order chi connectivity index (χ1) is 8.63. The van der Waals surface area contributed by atoms with Crippen molar-refractivity contribution >= 4 is 17.4 Å². The Kier molecular flexibility index (Phi) is 4.32. The van der Waals surface area contributed by atoms with E-state index >= 15 is 0 Å². The smallest absolute Gasteiger partial charge is 0.267 e. The second-order valence-corrected chi connectivity index (χ2v) is 5.99. The van der Waals surface area contributed by atoms with Crippen LogP contribution in [0.1, 0.15) is 54.9 Å². The molecule has 1 amide bonds. The predicted octanol–water partition coefficient (Wildman–Crippen LogP) is 2.75. The maximum Gasteiger partial charge on any atom is 0.267 e. The van der Waals surface area contributed by atoms with Crippen molar-refractivity contribution in [2.75, 3.05) is 7.05 Å². The normalized spacial score (nSPS) is 23.9. The summed E-state index contributed by atoms with van der Waals surface area (Å²) in [5.41, 5.74) is 0.834. The number of carbonyl (C=O) groups excluding carboxylic acids is 1. The number of rotatable bonds is 3. The maximum atomic E-state index is 12.4. The van der Waals surface area contributed by atoms with Gasteiger partial charge in [0.1, 0.15) is 4.88 Å². The zero-order valence-corrected chi connectivity index (χ0v) is 12.2. The van der Waals surface area contributed by atoms with Crippen LogP contribution in [0.5, 0.6) is 0 Å². The van der Waals surface area contributed by atoms with Crippen molar-refractivity contribution in [3.8, 4) is 0 Å². The number of hydrogen-bond acceptors (Lipinski definition) is 4. The molecular weight excluding hydrogens is 246 g/mol. The number of amides is 1. The molecule has 1 heterocycles. The minimum atomic E-state index is 0.0985. The quantitative estimate of drug-likeness (QED) is 0.846. The van der Waals surface area contributed by atoms with E-state index in [4.69, 9.17) is 0 Å². The summed E-state index contributed by atoms with van der Waals surface area (Å²) in [6, 6.07) is 0.389. The van der Waals surface area contributed by atoms with E-state index in [9.17, 15) is 4.79 Å². The van der Waals surface area contributed by atoms with E-state index in [1.807, 2.05) is 18.9 Å². The van der Waals surface area contributed by atoms with E-state index in [1.54, 1.807) is 0 Å². The molecule has 1 aromatic heterocycles. The third-order valence-electron chi connectivity index (χ3n) is 3.94. The molecule has 0 atom stereocenters. The van der Waals surface area contributed by atoms with Gasteiger partial charge in [-0.3, -0.25) is 4.79 Å². The molecule has 1 aliphatic carbocycles. The highest BCUT2D eigenvalue weighted by atomic mass is 32.1. The second kappa shape index (κ2) is 5.78. The van der Waals surface area contributed by atoms with Crippen LogP contribution in [-0.4, -0.2) is 33.5 Å². The lowest BCUT2D eigenvalue weighted by Gasteiger charge is -2.33. The van der Waals surface area contributed by atoms with Crippen LogP contribution in [0.25, 0.3) is 0 Å². The summed E-state index contributed by atoms with van der Waals surface area (Å²) >= 11 is 1.22. The lowest BCUT2D eigenvalue weighted by Crippen LogP contribution is -2.39. The molecule has 1 saturated carbocycles. The average Bonchev–Trinajstić information content (AvgIpc) is 2.86. The fourth-order valence-corrected chi connectivity index (χ4v) is 3.29. The molecule has 1 aliphatic rings. The highest BCUT2D eigenvalue weighted by molar-refractivity contribution is 7.07. The van der Waals surface area contributed by atoms with Gasteiger partial charge >= 0.3 is 0 Å². The molecule has 0 spiro atoms. The van der Waals surface area contributed by atoms with Gasteiger partial charge in [-0.1, -0.05) is 18.3 Å². The van der Waals surface area contributed by atoms with Gasteiger partial charge in [-0.15, -0.1) is 5.10 Å². The van der Waals surface area contributed by atoms with Gasteiger partial charge in [-0.2, -0.15) is 0 Å². The molecule has 0 aromatic carbocycles. The Balaban J connectivity index is 2.05. The molecule has 18 heavy (non-hydrogen) atoms. The fourth-order valence-electron chi connectivity index (χ4n) is 2.56. The molecule has 0 unspecified atom stereocenters. The summed E-state index contributed by atoms with van der Waals surface area (Å²) in [5.74, 6) is 0.905. The molecule has 1 fully saturated rings. The number of aromatic nitrogens is 2. The van der Waals surface area contributed by atoms with Crippen LogP contribution in [-0.2, 0) is 6.42 Å². The van der Waals surface area contributed by atoms with E-state index in [2.05, 4.69) is 16.5 Å². The molecule has 2 rings (SSSR count). The van der Waals surface area contributed by atoms with Gasteiger partial charge in [0, 0.05) is 13.1 Å². The van der Waals surface area contributed by atoms with E-state index in [0.717, 1.165) is 35.8 Å². The Morgan fingerprint density at radius 1 is 1.39 bits per heavy atom. The van der Waals surface area contributed by atoms with Gasteiger partial charge in [0.2, 0.25) is 0 Å². The summed E-state index contributed by atoms with van der Waals surface area (Å²) < 4.78 is 3.90. The van der Waals surface area contributed by atoms with Crippen molar-refractivity contribution in [3.05, 3.63) is 10.6 Å². The van der Waals surface area contributed by atoms with Crippen LogP contribution in [0.15, 0.2) is 0 Å². The van der Waals surface area contributed by atoms with E-state index in [-0.39, 0.29) is 5.91 Å². The standard InChI is InChI=1S/C13H21N3OS/c1-4-11-12(18-15-14-11)13(17)16(3)10-7-5-9(2)6-8-10/h9-10H,4-8H2,1-3H3. The van der Waals surface area contributed by atoms with Crippen LogP contribution in [0.2, 0.25) is 0 Å². The Morgan fingerprint density at radius 3 is 2.67 bits per heavy atom. The molecular formula is C13H21N3OS. The SMILES string of the molecule is CCc1nnsc1C(=O)N(C)C1CCC(C)CC1. The van der Waals surface area contributed by atoms with Crippen molar-refractivity contribution in [1.29, 1.82) is 0 Å². The van der Waals surface area contributed by atoms with Crippen LogP contribution in [0.4, 0.5) is 0 Å². The first-order valence-electron chi connectivity index (χ1n) is 6.71. The summed E-state index contributed by atoms with van der Waals surface area (Å²) in [4.78, 5) is 15.0. The Hall–Kier alpha value is -0.970. The molecule has 0 aliphatic heterocycles. The van der Waals surface area contributed by atoms with Crippen molar-refractivity contribution < 1.29 is 4.79 Å². The number of nitrogens with zero attached hydrogens (tertiary/aromatic N) is 3. The molecule has 4 nitrogen and oxygen atoms in total. The number of carbonyl (C=O) groups is 1. The zero-order valence-electron chi connectivity index (χ0n) is 11.3. The van der Waals surface area contributed by atoms with Crippen molar-refractivity contribution in [2.45, 2.75) is 52.0 Å². The van der Waals surface area contributed by atoms with Crippen molar-refractivity contribution in [3.63, 3.8) is 0 Å². The Bertz CT molecular complexity index is 410. The van der Waals surface area contributed by atoms with Crippen molar-refractivity contribution in [2.24, 2.45) is 5.92 Å². The van der Waals surface area contributed by atoms with Crippen LogP contribution in [0, 0.1) is 5.92 Å². The van der Waals surface area contributed by atoms with Gasteiger partial charge in [0.15, 0.2) is 0 Å². The van der Waals surface area contributed by atoms with Gasteiger partial charge in [-0.25, -0.2) is 0 Å². The monoisotopic (exact) mass is 267 g/mol. The van der Waals surface area contributed by atoms with E-state index in [1.165, 1.54) is 24.4 Å². The van der Waals surface area contributed by atoms with E-state index in [0.29, 0.717) is 6.04 Å². The minimum Gasteiger partial charge on any atom is -0.338 e. The van der Waals surface area contributed by atoms with Crippen molar-refractivity contribution in [1.82, 2.24) is 14.5 Å². The summed E-state index contributed by atoms with van der Waals surface area (Å²) in [7, 11) is 1.92. The highest BCUT2D eigenvalue weighted by Crippen LogP contribution is 2.27. The van der Waals surface area contributed by atoms with Gasteiger partial charge < -0.3 is 4.90 Å². The van der Waals surface area contributed by atoms with E-state index < -0.39 is 0 Å². The lowest BCUT2D eigenvalue weighted by molar-refractivity contribution is 0.0683. The minimum absolute atomic E-state index is 0.0985. The summed E-state index contributed by atoms with van der Waals surface area (Å²) in [6.07, 6.45) is 5.47. The summed E-state index contributed by atoms with van der Waals surface area (Å²) in [5, 5.41) is 4.02. The third-order valence-corrected chi connectivity index (χ3v) is 4.69. The Morgan fingerprint density at radius 2 is 2.06 bits per heavy atom. The molecule has 0 bridgehead atoms. The molecule has 0 N–H and O–H groups in total. The molecule has 0 saturated heterocycles. The third kappa shape index (κ3) is 2.71. The number of aryl methyl sites for hydroxylation is 1. The summed E-state index contributed by atoms with van der Waals surface area (Å²) in [6.45, 7) is 4.30. The maximum absolute atomic E-state index is 12.4. The first kappa shape index (κ1) is 13.5. The van der Waals surface area contributed by atoms with Crippen LogP contribution >= 0.6 is 11.5 Å². The van der Waals surface area contributed by atoms with Gasteiger partial charge in [0.25, 0.3) is 5.91 Å². The van der Waals surface area contributed by atoms with Gasteiger partial charge in [0.05, 0.1) is 5.69 Å². The predicted molar refractivity (Wildman–Crippen MR) is 72.8 cm³/mol. The molecule has 5 heteroatoms. The second-order valence-electron chi connectivity index (χ2n) is 5.23. The first-order valence-corrected chi connectivity index (χ1v) is 7.49. The topological polar surface area (TPSA) is 46.1 Å². The highest BCUT2D eigenvalue weighted by Gasteiger charge is 2.27. The molecule has 0 radical (unpaired) electrons. The lowest BCUT2D eigenvalue weighted by atomic mass is 9.86. The zero-order chi connectivity index (χ0) is 13.1. The molecule has 100 valence electrons. The number of hydrogen-bond donors (Lipinski definition) is 0. The Labute approximate surface area is 113 Å². The average molecular weight is 267 g/mol. The van der Waals surface area contributed by atoms with Crippen LogP contribution < -0.4 is 0 Å². The van der Waals surface area contributed by atoms with Crippen LogP contribution in [0.3, 0.4) is 0 Å². The van der Waals surface area contributed by atoms with Gasteiger partial charge in [-0.05, 0) is 49.6 Å².